The van der Waals surface area contributed by atoms with E-state index < -0.39 is 17.4 Å². The number of carboxylic acid groups (broad SMARTS) is 1. The number of aliphatic carboxylic acids is 1. The molecule has 6 nitrogen and oxygen atoms in total. The third-order valence-corrected chi connectivity index (χ3v) is 5.11. The molecular weight excluding hydrogens is 340 g/mol. The molecule has 140 valence electrons. The Morgan fingerprint density at radius 1 is 1.15 bits per heavy atom. The van der Waals surface area contributed by atoms with Gasteiger partial charge in [0.1, 0.15) is 11.9 Å². The Hall–Kier alpha value is -2.91. The molecule has 2 aromatic rings. The van der Waals surface area contributed by atoms with Crippen molar-refractivity contribution in [1.82, 2.24) is 9.88 Å². The van der Waals surface area contributed by atoms with Crippen LogP contribution in [0.2, 0.25) is 0 Å². The largest absolute Gasteiger partial charge is 0.480 e. The molecule has 1 N–H and O–H groups in total. The Morgan fingerprint density at radius 2 is 1.81 bits per heavy atom. The van der Waals surface area contributed by atoms with Crippen LogP contribution in [0.1, 0.15) is 31.0 Å². The van der Waals surface area contributed by atoms with Crippen LogP contribution in [0.15, 0.2) is 48.7 Å². The molecule has 1 aromatic carbocycles. The van der Waals surface area contributed by atoms with Gasteiger partial charge in [-0.3, -0.25) is 9.69 Å². The maximum atomic E-state index is 12.0. The number of pyridine rings is 1. The highest BCUT2D eigenvalue weighted by Crippen LogP contribution is 2.27. The van der Waals surface area contributed by atoms with Crippen molar-refractivity contribution in [1.29, 1.82) is 5.26 Å². The summed E-state index contributed by atoms with van der Waals surface area (Å²) < 4.78 is 0. The van der Waals surface area contributed by atoms with Crippen LogP contribution in [-0.4, -0.2) is 47.1 Å². The van der Waals surface area contributed by atoms with E-state index in [1.807, 2.05) is 61.2 Å². The van der Waals surface area contributed by atoms with Crippen LogP contribution in [0.4, 0.5) is 5.82 Å². The quantitative estimate of drug-likeness (QED) is 0.879. The SMILES string of the molecule is CC(C)(C#N)c1ccc(C(C(=O)O)N2CCN(c3ccccn3)CC2)cc1. The molecular formula is C21H24N4O2. The number of nitriles is 1. The fourth-order valence-corrected chi connectivity index (χ4v) is 3.41. The van der Waals surface area contributed by atoms with Crippen molar-refractivity contribution < 1.29 is 9.90 Å². The topological polar surface area (TPSA) is 80.5 Å². The zero-order valence-electron chi connectivity index (χ0n) is 15.7. The molecule has 0 saturated carbocycles. The second-order valence-corrected chi connectivity index (χ2v) is 7.31. The summed E-state index contributed by atoms with van der Waals surface area (Å²) in [5.74, 6) is 0.0701. The number of rotatable bonds is 5. The summed E-state index contributed by atoms with van der Waals surface area (Å²) >= 11 is 0. The monoisotopic (exact) mass is 364 g/mol. The lowest BCUT2D eigenvalue weighted by Crippen LogP contribution is -2.49. The first-order chi connectivity index (χ1) is 12.9. The molecule has 1 aliphatic rings. The van der Waals surface area contributed by atoms with Crippen molar-refractivity contribution in [3.05, 3.63) is 59.8 Å². The smallest absolute Gasteiger partial charge is 0.325 e. The molecule has 1 unspecified atom stereocenters. The van der Waals surface area contributed by atoms with E-state index in [1.165, 1.54) is 0 Å². The first-order valence-corrected chi connectivity index (χ1v) is 9.07. The van der Waals surface area contributed by atoms with E-state index >= 15 is 0 Å². The van der Waals surface area contributed by atoms with E-state index in [2.05, 4.69) is 16.0 Å². The lowest BCUT2D eigenvalue weighted by Gasteiger charge is -2.38. The molecule has 0 amide bonds. The predicted octanol–water partition coefficient (Wildman–Crippen LogP) is 2.83. The molecule has 1 fully saturated rings. The van der Waals surface area contributed by atoms with E-state index in [9.17, 15) is 15.2 Å². The second-order valence-electron chi connectivity index (χ2n) is 7.31. The Morgan fingerprint density at radius 3 is 2.33 bits per heavy atom. The number of carboxylic acids is 1. The number of hydrogen-bond donors (Lipinski definition) is 1. The van der Waals surface area contributed by atoms with Gasteiger partial charge in [-0.2, -0.15) is 5.26 Å². The zero-order valence-corrected chi connectivity index (χ0v) is 15.7. The van der Waals surface area contributed by atoms with Gasteiger partial charge in [-0.05, 0) is 37.1 Å². The normalized spacial score (nSPS) is 16.6. The maximum Gasteiger partial charge on any atom is 0.325 e. The second kappa shape index (κ2) is 7.77. The van der Waals surface area contributed by atoms with Crippen LogP contribution in [0, 0.1) is 11.3 Å². The van der Waals surface area contributed by atoms with Crippen molar-refractivity contribution in [2.45, 2.75) is 25.3 Å². The van der Waals surface area contributed by atoms with Gasteiger partial charge in [0.25, 0.3) is 0 Å². The Kier molecular flexibility index (Phi) is 5.43. The van der Waals surface area contributed by atoms with Gasteiger partial charge in [0.2, 0.25) is 0 Å². The van der Waals surface area contributed by atoms with Crippen LogP contribution in [0.3, 0.4) is 0 Å². The number of nitrogens with zero attached hydrogens (tertiary/aromatic N) is 4. The molecule has 1 saturated heterocycles. The summed E-state index contributed by atoms with van der Waals surface area (Å²) in [6.07, 6.45) is 1.77. The van der Waals surface area contributed by atoms with Crippen molar-refractivity contribution in [2.75, 3.05) is 31.1 Å². The highest BCUT2D eigenvalue weighted by Gasteiger charge is 2.31. The average Bonchev–Trinajstić information content (AvgIpc) is 2.69. The molecule has 6 heteroatoms. The number of carbonyl (C=O) groups is 1. The Labute approximate surface area is 159 Å². The number of anilines is 1. The van der Waals surface area contributed by atoms with Crippen molar-refractivity contribution in [3.8, 4) is 6.07 Å². The summed E-state index contributed by atoms with van der Waals surface area (Å²) in [6.45, 7) is 6.49. The van der Waals surface area contributed by atoms with Crippen molar-refractivity contribution in [2.24, 2.45) is 0 Å². The summed E-state index contributed by atoms with van der Waals surface area (Å²) in [5.41, 5.74) is 1.04. The molecule has 0 bridgehead atoms. The summed E-state index contributed by atoms with van der Waals surface area (Å²) in [6, 6.07) is 14.8. The van der Waals surface area contributed by atoms with Crippen LogP contribution in [-0.2, 0) is 10.2 Å². The van der Waals surface area contributed by atoms with E-state index in [1.54, 1.807) is 6.20 Å². The fraction of sp³-hybridized carbons (Fsp3) is 0.381. The van der Waals surface area contributed by atoms with E-state index in [0.29, 0.717) is 13.1 Å². The molecule has 1 atom stereocenters. The van der Waals surface area contributed by atoms with E-state index in [-0.39, 0.29) is 0 Å². The van der Waals surface area contributed by atoms with Gasteiger partial charge in [0.15, 0.2) is 0 Å². The molecule has 0 spiro atoms. The van der Waals surface area contributed by atoms with Gasteiger partial charge in [-0.1, -0.05) is 30.3 Å². The van der Waals surface area contributed by atoms with Gasteiger partial charge >= 0.3 is 5.97 Å². The minimum absolute atomic E-state index is 0.592. The summed E-state index contributed by atoms with van der Waals surface area (Å²) in [4.78, 5) is 20.5. The molecule has 0 radical (unpaired) electrons. The van der Waals surface area contributed by atoms with Crippen molar-refractivity contribution >= 4 is 11.8 Å². The molecule has 27 heavy (non-hydrogen) atoms. The number of aromatic nitrogens is 1. The summed E-state index contributed by atoms with van der Waals surface area (Å²) in [7, 11) is 0. The lowest BCUT2D eigenvalue weighted by molar-refractivity contribution is -0.143. The van der Waals surface area contributed by atoms with Crippen LogP contribution >= 0.6 is 0 Å². The molecule has 0 aliphatic carbocycles. The van der Waals surface area contributed by atoms with E-state index in [0.717, 1.165) is 30.0 Å². The molecule has 1 aliphatic heterocycles. The van der Waals surface area contributed by atoms with Crippen LogP contribution in [0.5, 0.6) is 0 Å². The van der Waals surface area contributed by atoms with Gasteiger partial charge in [-0.25, -0.2) is 4.98 Å². The maximum absolute atomic E-state index is 12.0. The van der Waals surface area contributed by atoms with E-state index in [4.69, 9.17) is 0 Å². The minimum atomic E-state index is -0.853. The third-order valence-electron chi connectivity index (χ3n) is 5.11. The fourth-order valence-electron chi connectivity index (χ4n) is 3.41. The van der Waals surface area contributed by atoms with Crippen LogP contribution < -0.4 is 4.90 Å². The van der Waals surface area contributed by atoms with Crippen LogP contribution in [0.25, 0.3) is 0 Å². The van der Waals surface area contributed by atoms with Gasteiger partial charge in [-0.15, -0.1) is 0 Å². The Balaban J connectivity index is 1.74. The summed E-state index contributed by atoms with van der Waals surface area (Å²) in [5, 5.41) is 19.1. The first kappa shape index (κ1) is 18.9. The number of benzene rings is 1. The molecule has 2 heterocycles. The lowest BCUT2D eigenvalue weighted by atomic mass is 9.85. The number of piperazine rings is 1. The third kappa shape index (κ3) is 4.09. The zero-order chi connectivity index (χ0) is 19.4. The van der Waals surface area contributed by atoms with Gasteiger partial charge in [0, 0.05) is 32.4 Å². The standard InChI is InChI=1S/C21H24N4O2/c1-21(2,15-22)17-8-6-16(7-9-17)19(20(26)27)25-13-11-24(12-14-25)18-5-3-4-10-23-18/h3-10,19H,11-14H2,1-2H3,(H,26,27). The number of hydrogen-bond acceptors (Lipinski definition) is 5. The van der Waals surface area contributed by atoms with Gasteiger partial charge < -0.3 is 10.0 Å². The molecule has 3 rings (SSSR count). The Bertz CT molecular complexity index is 820. The highest BCUT2D eigenvalue weighted by atomic mass is 16.4. The average molecular weight is 364 g/mol. The van der Waals surface area contributed by atoms with Crippen molar-refractivity contribution in [3.63, 3.8) is 0 Å². The highest BCUT2D eigenvalue weighted by molar-refractivity contribution is 5.75. The minimum Gasteiger partial charge on any atom is -0.480 e. The predicted molar refractivity (Wildman–Crippen MR) is 103 cm³/mol. The first-order valence-electron chi connectivity index (χ1n) is 9.07. The van der Waals surface area contributed by atoms with Gasteiger partial charge in [0.05, 0.1) is 11.5 Å². The molecule has 1 aromatic heterocycles.